The minimum atomic E-state index is -3.18. The van der Waals surface area contributed by atoms with Gasteiger partial charge in [-0.15, -0.1) is 0 Å². The van der Waals surface area contributed by atoms with E-state index in [0.717, 1.165) is 17.6 Å². The fraction of sp³-hybridized carbons (Fsp3) is 0.500. The van der Waals surface area contributed by atoms with Crippen LogP contribution in [0.2, 0.25) is 5.02 Å². The number of amides is 1. The molecule has 2 N–H and O–H groups in total. The topological polar surface area (TPSA) is 84.5 Å². The van der Waals surface area contributed by atoms with Crippen molar-refractivity contribution in [3.63, 3.8) is 0 Å². The number of carbonyl (C=O) groups is 1. The summed E-state index contributed by atoms with van der Waals surface area (Å²) in [5.41, 5.74) is 0.928. The molecule has 22 heavy (non-hydrogen) atoms. The summed E-state index contributed by atoms with van der Waals surface area (Å²) in [6, 6.07) is 5.38. The van der Waals surface area contributed by atoms with Crippen LogP contribution in [0.5, 0.6) is 5.75 Å². The molecule has 6 nitrogen and oxygen atoms in total. The Morgan fingerprint density at radius 3 is 2.91 bits per heavy atom. The van der Waals surface area contributed by atoms with Crippen molar-refractivity contribution in [2.24, 2.45) is 5.92 Å². The van der Waals surface area contributed by atoms with Crippen LogP contribution in [0.15, 0.2) is 18.2 Å². The predicted molar refractivity (Wildman–Crippen MR) is 84.6 cm³/mol. The average Bonchev–Trinajstić information content (AvgIpc) is 2.44. The van der Waals surface area contributed by atoms with Crippen molar-refractivity contribution in [1.29, 1.82) is 0 Å². The van der Waals surface area contributed by atoms with E-state index in [2.05, 4.69) is 10.0 Å². The van der Waals surface area contributed by atoms with E-state index in [-0.39, 0.29) is 11.8 Å². The molecule has 0 radical (unpaired) electrons. The molecule has 0 spiro atoms. The van der Waals surface area contributed by atoms with Gasteiger partial charge in [-0.05, 0) is 36.6 Å². The second-order valence-electron chi connectivity index (χ2n) is 5.28. The van der Waals surface area contributed by atoms with Crippen LogP contribution in [-0.4, -0.2) is 40.3 Å². The summed E-state index contributed by atoms with van der Waals surface area (Å²) in [6.45, 7) is 1.06. The molecule has 0 unspecified atom stereocenters. The highest BCUT2D eigenvalue weighted by molar-refractivity contribution is 7.88. The Labute approximate surface area is 135 Å². The first-order valence-electron chi connectivity index (χ1n) is 6.99. The predicted octanol–water partition coefficient (Wildman–Crippen LogP) is 0.947. The van der Waals surface area contributed by atoms with Gasteiger partial charge in [0.1, 0.15) is 12.4 Å². The molecule has 122 valence electrons. The standard InChI is InChI=1S/C14H19ClN2O4S/c1-22(19,20)17-6-2-5-16-14(18)11-7-10-8-12(15)3-4-13(10)21-9-11/h3-4,8,11,17H,2,5-7,9H2,1H3,(H,16,18)/t11-/m1/s1. The van der Waals surface area contributed by atoms with E-state index in [1.807, 2.05) is 12.1 Å². The van der Waals surface area contributed by atoms with Gasteiger partial charge in [-0.25, -0.2) is 13.1 Å². The first kappa shape index (κ1) is 17.1. The van der Waals surface area contributed by atoms with E-state index in [0.29, 0.717) is 37.6 Å². The second kappa shape index (κ2) is 7.30. The lowest BCUT2D eigenvalue weighted by Gasteiger charge is -2.24. The van der Waals surface area contributed by atoms with Gasteiger partial charge in [0.05, 0.1) is 12.2 Å². The van der Waals surface area contributed by atoms with Gasteiger partial charge >= 0.3 is 0 Å². The molecule has 1 aliphatic heterocycles. The minimum absolute atomic E-state index is 0.0926. The summed E-state index contributed by atoms with van der Waals surface area (Å²) in [5, 5.41) is 3.42. The lowest BCUT2D eigenvalue weighted by molar-refractivity contribution is -0.126. The van der Waals surface area contributed by atoms with Gasteiger partial charge in [0.15, 0.2) is 0 Å². The van der Waals surface area contributed by atoms with Crippen molar-refractivity contribution < 1.29 is 17.9 Å². The molecule has 0 aliphatic carbocycles. The van der Waals surface area contributed by atoms with Crippen molar-refractivity contribution in [3.8, 4) is 5.75 Å². The molecule has 1 aromatic rings. The van der Waals surface area contributed by atoms with Crippen LogP contribution < -0.4 is 14.8 Å². The van der Waals surface area contributed by atoms with Crippen molar-refractivity contribution in [3.05, 3.63) is 28.8 Å². The molecule has 8 heteroatoms. The Hall–Kier alpha value is -1.31. The van der Waals surface area contributed by atoms with Crippen molar-refractivity contribution in [1.82, 2.24) is 10.0 Å². The lowest BCUT2D eigenvalue weighted by Crippen LogP contribution is -2.38. The Morgan fingerprint density at radius 2 is 2.18 bits per heavy atom. The number of carbonyl (C=O) groups excluding carboxylic acids is 1. The molecule has 2 rings (SSSR count). The third-order valence-corrected chi connectivity index (χ3v) is 4.28. The van der Waals surface area contributed by atoms with Gasteiger partial charge in [-0.1, -0.05) is 11.6 Å². The number of halogens is 1. The van der Waals surface area contributed by atoms with Crippen molar-refractivity contribution in [2.75, 3.05) is 26.0 Å². The number of ether oxygens (including phenoxy) is 1. The summed E-state index contributed by atoms with van der Waals surface area (Å²) in [5.74, 6) is 0.421. The molecule has 1 aromatic carbocycles. The van der Waals surface area contributed by atoms with Crippen LogP contribution >= 0.6 is 11.6 Å². The quantitative estimate of drug-likeness (QED) is 0.751. The lowest BCUT2D eigenvalue weighted by atomic mass is 9.96. The van der Waals surface area contributed by atoms with Crippen LogP contribution in [0.3, 0.4) is 0 Å². The molecule has 0 bridgehead atoms. The molecule has 0 aromatic heterocycles. The van der Waals surface area contributed by atoms with E-state index in [1.165, 1.54) is 0 Å². The van der Waals surface area contributed by atoms with Gasteiger partial charge < -0.3 is 10.1 Å². The Balaban J connectivity index is 1.77. The van der Waals surface area contributed by atoms with Crippen LogP contribution in [-0.2, 0) is 21.2 Å². The monoisotopic (exact) mass is 346 g/mol. The van der Waals surface area contributed by atoms with E-state index in [1.54, 1.807) is 6.07 Å². The number of benzene rings is 1. The summed E-state index contributed by atoms with van der Waals surface area (Å²) in [7, 11) is -3.18. The zero-order valence-electron chi connectivity index (χ0n) is 12.3. The molecule has 0 saturated heterocycles. The Kier molecular flexibility index (Phi) is 5.66. The fourth-order valence-electron chi connectivity index (χ4n) is 2.23. The van der Waals surface area contributed by atoms with Crippen LogP contribution in [0.1, 0.15) is 12.0 Å². The number of hydrogen-bond donors (Lipinski definition) is 2. The largest absolute Gasteiger partial charge is 0.492 e. The summed E-state index contributed by atoms with van der Waals surface area (Å²) < 4.78 is 29.7. The first-order chi connectivity index (χ1) is 10.3. The van der Waals surface area contributed by atoms with Crippen LogP contribution in [0.4, 0.5) is 0 Å². The van der Waals surface area contributed by atoms with Gasteiger partial charge in [0, 0.05) is 18.1 Å². The zero-order valence-corrected chi connectivity index (χ0v) is 13.8. The van der Waals surface area contributed by atoms with E-state index in [4.69, 9.17) is 16.3 Å². The fourth-order valence-corrected chi connectivity index (χ4v) is 2.94. The van der Waals surface area contributed by atoms with Gasteiger partial charge in [0.2, 0.25) is 15.9 Å². The molecule has 1 heterocycles. The second-order valence-corrected chi connectivity index (χ2v) is 7.54. The number of sulfonamides is 1. The Morgan fingerprint density at radius 1 is 1.41 bits per heavy atom. The summed E-state index contributed by atoms with van der Waals surface area (Å²) >= 11 is 5.95. The van der Waals surface area contributed by atoms with E-state index < -0.39 is 10.0 Å². The zero-order chi connectivity index (χ0) is 16.2. The molecule has 0 saturated carbocycles. The Bertz CT molecular complexity index is 648. The van der Waals surface area contributed by atoms with E-state index in [9.17, 15) is 13.2 Å². The van der Waals surface area contributed by atoms with Crippen molar-refractivity contribution >= 4 is 27.5 Å². The number of nitrogens with one attached hydrogen (secondary N) is 2. The SMILES string of the molecule is CS(=O)(=O)NCCCNC(=O)[C@H]1COc2ccc(Cl)cc2C1. The normalized spacial score (nSPS) is 17.5. The number of rotatable bonds is 6. The van der Waals surface area contributed by atoms with Crippen LogP contribution in [0.25, 0.3) is 0 Å². The maximum absolute atomic E-state index is 12.1. The maximum Gasteiger partial charge on any atom is 0.226 e. The third kappa shape index (κ3) is 5.15. The molecule has 1 aliphatic rings. The van der Waals surface area contributed by atoms with Gasteiger partial charge in [-0.2, -0.15) is 0 Å². The highest BCUT2D eigenvalue weighted by Gasteiger charge is 2.25. The minimum Gasteiger partial charge on any atom is -0.492 e. The first-order valence-corrected chi connectivity index (χ1v) is 9.25. The van der Waals surface area contributed by atoms with Gasteiger partial charge in [0.25, 0.3) is 0 Å². The third-order valence-electron chi connectivity index (χ3n) is 3.32. The maximum atomic E-state index is 12.1. The molecular weight excluding hydrogens is 328 g/mol. The number of fused-ring (bicyclic) bond motifs is 1. The molecular formula is C14H19ClN2O4S. The summed E-state index contributed by atoms with van der Waals surface area (Å²) in [6.07, 6.45) is 2.23. The molecule has 1 amide bonds. The number of hydrogen-bond acceptors (Lipinski definition) is 4. The summed E-state index contributed by atoms with van der Waals surface area (Å²) in [4.78, 5) is 12.1. The smallest absolute Gasteiger partial charge is 0.226 e. The van der Waals surface area contributed by atoms with Crippen molar-refractivity contribution in [2.45, 2.75) is 12.8 Å². The van der Waals surface area contributed by atoms with E-state index >= 15 is 0 Å². The highest BCUT2D eigenvalue weighted by atomic mass is 35.5. The van der Waals surface area contributed by atoms with Crippen LogP contribution in [0, 0.1) is 5.92 Å². The highest BCUT2D eigenvalue weighted by Crippen LogP contribution is 2.29. The molecule has 1 atom stereocenters. The van der Waals surface area contributed by atoms with Gasteiger partial charge in [-0.3, -0.25) is 4.79 Å². The molecule has 0 fully saturated rings. The average molecular weight is 347 g/mol.